The van der Waals surface area contributed by atoms with Crippen molar-refractivity contribution in [3.63, 3.8) is 0 Å². The molecule has 0 radical (unpaired) electrons. The molecule has 6 rings (SSSR count). The lowest BCUT2D eigenvalue weighted by Crippen LogP contribution is -2.30. The van der Waals surface area contributed by atoms with Crippen molar-refractivity contribution in [3.05, 3.63) is 83.3 Å². The first-order chi connectivity index (χ1) is 22.5. The number of esters is 1. The fourth-order valence-electron chi connectivity index (χ4n) is 6.27. The highest BCUT2D eigenvalue weighted by atomic mass is 19.1. The summed E-state index contributed by atoms with van der Waals surface area (Å²) in [5.74, 6) is -1.32. The van der Waals surface area contributed by atoms with Crippen LogP contribution in [0.25, 0.3) is 10.9 Å². The highest BCUT2D eigenvalue weighted by Gasteiger charge is 2.32. The monoisotopic (exact) mass is 639 g/mol. The number of para-hydroxylation sites is 1. The Morgan fingerprint density at radius 2 is 1.66 bits per heavy atom. The molecule has 2 aliphatic rings. The van der Waals surface area contributed by atoms with E-state index in [1.165, 1.54) is 18.2 Å². The number of aromatic nitrogens is 2. The van der Waals surface area contributed by atoms with Gasteiger partial charge in [-0.25, -0.2) is 4.39 Å². The average molecular weight is 640 g/mol. The Kier molecular flexibility index (Phi) is 9.03. The van der Waals surface area contributed by atoms with Crippen molar-refractivity contribution in [1.29, 1.82) is 0 Å². The molecule has 1 saturated heterocycles. The number of carbonyl (C=O) groups is 3. The zero-order valence-electron chi connectivity index (χ0n) is 27.4. The van der Waals surface area contributed by atoms with E-state index in [0.29, 0.717) is 34.1 Å². The summed E-state index contributed by atoms with van der Waals surface area (Å²) in [7, 11) is 0. The highest BCUT2D eigenvalue weighted by molar-refractivity contribution is 6.13. The van der Waals surface area contributed by atoms with Gasteiger partial charge >= 0.3 is 5.97 Å². The number of halogens is 1. The van der Waals surface area contributed by atoms with E-state index >= 15 is 0 Å². The van der Waals surface area contributed by atoms with Crippen LogP contribution in [-0.2, 0) is 16.0 Å². The quantitative estimate of drug-likeness (QED) is 0.184. The van der Waals surface area contributed by atoms with E-state index < -0.39 is 23.3 Å². The molecule has 1 unspecified atom stereocenters. The van der Waals surface area contributed by atoms with Crippen LogP contribution in [0.1, 0.15) is 92.3 Å². The topological polar surface area (TPSA) is 106 Å². The van der Waals surface area contributed by atoms with E-state index in [0.717, 1.165) is 61.8 Å². The van der Waals surface area contributed by atoms with Gasteiger partial charge in [-0.15, -0.1) is 0 Å². The average Bonchev–Trinajstić information content (AvgIpc) is 3.81. The number of benzene rings is 3. The van der Waals surface area contributed by atoms with Crippen molar-refractivity contribution in [1.82, 2.24) is 9.78 Å². The van der Waals surface area contributed by atoms with Gasteiger partial charge in [0.05, 0.1) is 29.4 Å². The Labute approximate surface area is 274 Å². The van der Waals surface area contributed by atoms with Crippen LogP contribution in [0.5, 0.6) is 0 Å². The second-order valence-corrected chi connectivity index (χ2v) is 13.6. The molecule has 2 N–H and O–H groups in total. The minimum atomic E-state index is -0.704. The molecule has 4 aromatic rings. The minimum Gasteiger partial charge on any atom is -0.460 e. The Morgan fingerprint density at radius 3 is 2.38 bits per heavy atom. The van der Waals surface area contributed by atoms with Crippen molar-refractivity contribution in [2.75, 3.05) is 28.6 Å². The number of nitrogens with zero attached hydrogens (tertiary/aromatic N) is 3. The number of amides is 2. The summed E-state index contributed by atoms with van der Waals surface area (Å²) in [6.07, 6.45) is 5.32. The molecule has 9 nitrogen and oxygen atoms in total. The van der Waals surface area contributed by atoms with Crippen molar-refractivity contribution in [2.45, 2.75) is 77.9 Å². The number of hydrogen-bond acceptors (Lipinski definition) is 6. The Bertz CT molecular complexity index is 1820. The SMILES string of the molecule is CC(C1CC1)n1nc(C(=O)Nc2cc(C(=O)Nc3ccc(F)cc3CC(=O)OC(C)(C)C)ccc2N2CCCCC2)c2ccccc21. The molecular weight excluding hydrogens is 597 g/mol. The standard InChI is InChI=1S/C37H42FN5O4/c1-23(24-12-13-24)43-31-11-7-6-10-28(31)34(41-43)36(46)40-30-21-25(14-17-32(30)42-18-8-5-9-19-42)35(45)39-29-16-15-27(38)20-26(29)22-33(44)47-37(2,3)4/h6-7,10-11,14-17,20-21,23-24H,5,8-9,12-13,18-19,22H2,1-4H3,(H,39,45)(H,40,46). The normalized spacial score (nSPS) is 15.7. The molecule has 2 amide bonds. The van der Waals surface area contributed by atoms with Crippen LogP contribution >= 0.6 is 0 Å². The smallest absolute Gasteiger partial charge is 0.310 e. The third kappa shape index (κ3) is 7.48. The maximum absolute atomic E-state index is 14.2. The van der Waals surface area contributed by atoms with Gasteiger partial charge in [0.1, 0.15) is 11.4 Å². The third-order valence-corrected chi connectivity index (χ3v) is 8.79. The van der Waals surface area contributed by atoms with Crippen molar-refractivity contribution in [2.24, 2.45) is 5.92 Å². The largest absolute Gasteiger partial charge is 0.460 e. The predicted molar refractivity (Wildman–Crippen MR) is 182 cm³/mol. The van der Waals surface area contributed by atoms with E-state index in [-0.39, 0.29) is 18.4 Å². The van der Waals surface area contributed by atoms with Crippen molar-refractivity contribution in [3.8, 4) is 0 Å². The fourth-order valence-corrected chi connectivity index (χ4v) is 6.27. The molecule has 1 saturated carbocycles. The summed E-state index contributed by atoms with van der Waals surface area (Å²) >= 11 is 0. The van der Waals surface area contributed by atoms with E-state index in [9.17, 15) is 18.8 Å². The first-order valence-corrected chi connectivity index (χ1v) is 16.5. The van der Waals surface area contributed by atoms with Gasteiger partial charge in [0, 0.05) is 29.7 Å². The molecule has 246 valence electrons. The first kappa shape index (κ1) is 32.2. The number of rotatable bonds is 9. The zero-order chi connectivity index (χ0) is 33.3. The molecule has 1 aliphatic heterocycles. The van der Waals surface area contributed by atoms with Crippen molar-refractivity contribution < 1.29 is 23.5 Å². The molecule has 1 aliphatic carbocycles. The van der Waals surface area contributed by atoms with Crippen LogP contribution in [0.2, 0.25) is 0 Å². The number of carbonyl (C=O) groups excluding carboxylic acids is 3. The molecule has 47 heavy (non-hydrogen) atoms. The van der Waals surface area contributed by atoms with Gasteiger partial charge in [0.25, 0.3) is 11.8 Å². The van der Waals surface area contributed by atoms with Crippen LogP contribution < -0.4 is 15.5 Å². The number of anilines is 3. The zero-order valence-corrected chi connectivity index (χ0v) is 27.4. The number of nitrogens with one attached hydrogen (secondary N) is 2. The van der Waals surface area contributed by atoms with Crippen LogP contribution in [0, 0.1) is 11.7 Å². The molecule has 2 fully saturated rings. The summed E-state index contributed by atoms with van der Waals surface area (Å²) < 4.78 is 21.6. The number of fused-ring (bicyclic) bond motifs is 1. The number of hydrogen-bond donors (Lipinski definition) is 2. The summed E-state index contributed by atoms with van der Waals surface area (Å²) in [6.45, 7) is 9.10. The van der Waals surface area contributed by atoms with Gasteiger partial charge in [-0.1, -0.05) is 18.2 Å². The maximum Gasteiger partial charge on any atom is 0.310 e. The van der Waals surface area contributed by atoms with Crippen LogP contribution in [-0.4, -0.2) is 46.3 Å². The fraction of sp³-hybridized carbons (Fsp3) is 0.405. The van der Waals surface area contributed by atoms with E-state index in [1.807, 2.05) is 35.0 Å². The summed E-state index contributed by atoms with van der Waals surface area (Å²) in [5, 5.41) is 11.5. The number of ether oxygens (including phenoxy) is 1. The Morgan fingerprint density at radius 1 is 0.936 bits per heavy atom. The van der Waals surface area contributed by atoms with Crippen molar-refractivity contribution >= 4 is 45.7 Å². The van der Waals surface area contributed by atoms with Gasteiger partial charge < -0.3 is 20.3 Å². The molecule has 10 heteroatoms. The molecule has 1 aromatic heterocycles. The van der Waals surface area contributed by atoms with Gasteiger partial charge in [-0.05, 0) is 114 Å². The molecule has 0 bridgehead atoms. The van der Waals surface area contributed by atoms with Gasteiger partial charge in [0.15, 0.2) is 5.69 Å². The van der Waals surface area contributed by atoms with E-state index in [4.69, 9.17) is 9.84 Å². The predicted octanol–water partition coefficient (Wildman–Crippen LogP) is 7.53. The molecule has 0 spiro atoms. The van der Waals surface area contributed by atoms with E-state index in [2.05, 4.69) is 22.5 Å². The second kappa shape index (κ2) is 13.2. The van der Waals surface area contributed by atoms with Crippen LogP contribution in [0.15, 0.2) is 60.7 Å². The van der Waals surface area contributed by atoms with Gasteiger partial charge in [0.2, 0.25) is 0 Å². The summed E-state index contributed by atoms with van der Waals surface area (Å²) in [4.78, 5) is 42.3. The third-order valence-electron chi connectivity index (χ3n) is 8.79. The van der Waals surface area contributed by atoms with Gasteiger partial charge in [-0.3, -0.25) is 19.1 Å². The first-order valence-electron chi connectivity index (χ1n) is 16.5. The second-order valence-electron chi connectivity index (χ2n) is 13.6. The molecular formula is C37H42FN5O4. The lowest BCUT2D eigenvalue weighted by molar-refractivity contribution is -0.153. The van der Waals surface area contributed by atoms with Crippen LogP contribution in [0.3, 0.4) is 0 Å². The molecule has 3 aromatic carbocycles. The van der Waals surface area contributed by atoms with E-state index in [1.54, 1.807) is 32.9 Å². The minimum absolute atomic E-state index is 0.184. The Balaban J connectivity index is 1.29. The highest BCUT2D eigenvalue weighted by Crippen LogP contribution is 2.41. The Hall–Kier alpha value is -4.73. The lowest BCUT2D eigenvalue weighted by atomic mass is 10.1. The summed E-state index contributed by atoms with van der Waals surface area (Å²) in [5.41, 5.74) is 2.79. The maximum atomic E-state index is 14.2. The summed E-state index contributed by atoms with van der Waals surface area (Å²) in [6, 6.07) is 17.1. The number of piperidine rings is 1. The van der Waals surface area contributed by atoms with Crippen LogP contribution in [0.4, 0.5) is 21.5 Å². The van der Waals surface area contributed by atoms with Gasteiger partial charge in [-0.2, -0.15) is 5.10 Å². The lowest BCUT2D eigenvalue weighted by Gasteiger charge is -2.30. The molecule has 1 atom stereocenters. The molecule has 2 heterocycles.